The molecule has 0 aromatic heterocycles. The van der Waals surface area contributed by atoms with Gasteiger partial charge in [0.1, 0.15) is 0 Å². The molecular formula is C5H12Hf. The van der Waals surface area contributed by atoms with Crippen molar-refractivity contribution < 1.29 is 25.8 Å². The summed E-state index contributed by atoms with van der Waals surface area (Å²) in [6.07, 6.45) is 0. The van der Waals surface area contributed by atoms with Crippen molar-refractivity contribution in [3.63, 3.8) is 0 Å². The summed E-state index contributed by atoms with van der Waals surface area (Å²) in [6.45, 7) is 8.75. The van der Waals surface area contributed by atoms with Gasteiger partial charge >= 0.3 is 0 Å². The third kappa shape index (κ3) is 96.3. The summed E-state index contributed by atoms with van der Waals surface area (Å²) in [5.41, 5.74) is 0.500. The minimum atomic E-state index is 0. The molecule has 0 bridgehead atoms. The second kappa shape index (κ2) is 2.95. The monoisotopic (exact) mass is 252 g/mol. The van der Waals surface area contributed by atoms with E-state index in [0.717, 1.165) is 0 Å². The maximum atomic E-state index is 2.19. The van der Waals surface area contributed by atoms with E-state index in [0.29, 0.717) is 5.41 Å². The van der Waals surface area contributed by atoms with E-state index in [2.05, 4.69) is 27.7 Å². The molecule has 1 heteroatoms. The summed E-state index contributed by atoms with van der Waals surface area (Å²) in [6, 6.07) is 0. The molecule has 0 unspecified atom stereocenters. The predicted octanol–water partition coefficient (Wildman–Crippen LogP) is 2.05. The normalized spacial score (nSPS) is 10.0. The molecule has 0 fully saturated rings. The van der Waals surface area contributed by atoms with Crippen LogP contribution in [0.25, 0.3) is 0 Å². The Bertz CT molecular complexity index is 19.4. The van der Waals surface area contributed by atoms with Crippen LogP contribution in [0.4, 0.5) is 0 Å². The minimum absolute atomic E-state index is 0. The maximum absolute atomic E-state index is 2.19. The van der Waals surface area contributed by atoms with Gasteiger partial charge in [0.25, 0.3) is 0 Å². The van der Waals surface area contributed by atoms with Gasteiger partial charge in [-0.05, 0) is 5.41 Å². The van der Waals surface area contributed by atoms with Gasteiger partial charge in [-0.2, -0.15) is 0 Å². The maximum Gasteiger partial charge on any atom is 0 e. The molecule has 0 nitrogen and oxygen atoms in total. The van der Waals surface area contributed by atoms with Gasteiger partial charge in [0.05, 0.1) is 0 Å². The van der Waals surface area contributed by atoms with Gasteiger partial charge < -0.3 is 0 Å². The Morgan fingerprint density at radius 1 is 0.833 bits per heavy atom. The third-order valence-electron chi connectivity index (χ3n) is 0. The first-order valence-corrected chi connectivity index (χ1v) is 2.00. The Kier molecular flexibility index (Phi) is 4.91. The zero-order chi connectivity index (χ0) is 4.50. The molecule has 0 aliphatic rings. The van der Waals surface area contributed by atoms with E-state index in [1.165, 1.54) is 0 Å². The third-order valence-corrected chi connectivity index (χ3v) is 0. The van der Waals surface area contributed by atoms with Crippen molar-refractivity contribution >= 4 is 0 Å². The Morgan fingerprint density at radius 3 is 0.833 bits per heavy atom. The van der Waals surface area contributed by atoms with Gasteiger partial charge in [0, 0.05) is 25.8 Å². The molecule has 0 heterocycles. The Morgan fingerprint density at radius 2 is 0.833 bits per heavy atom. The summed E-state index contributed by atoms with van der Waals surface area (Å²) in [4.78, 5) is 0. The zero-order valence-electron chi connectivity index (χ0n) is 5.00. The van der Waals surface area contributed by atoms with E-state index < -0.39 is 0 Å². The van der Waals surface area contributed by atoms with E-state index in [9.17, 15) is 0 Å². The second-order valence-corrected chi connectivity index (χ2v) is 3.00. The fourth-order valence-electron chi connectivity index (χ4n) is 0. The second-order valence-electron chi connectivity index (χ2n) is 3.00. The first-order chi connectivity index (χ1) is 2.00. The van der Waals surface area contributed by atoms with Crippen LogP contribution < -0.4 is 0 Å². The molecule has 6 heavy (non-hydrogen) atoms. The van der Waals surface area contributed by atoms with Crippen LogP contribution in [0.2, 0.25) is 0 Å². The zero-order valence-corrected chi connectivity index (χ0v) is 8.59. The van der Waals surface area contributed by atoms with Crippen LogP contribution in [0.5, 0.6) is 0 Å². The summed E-state index contributed by atoms with van der Waals surface area (Å²) < 4.78 is 0. The quantitative estimate of drug-likeness (QED) is 0.578. The van der Waals surface area contributed by atoms with Gasteiger partial charge in [0.2, 0.25) is 0 Å². The van der Waals surface area contributed by atoms with Gasteiger partial charge in [0.15, 0.2) is 0 Å². The van der Waals surface area contributed by atoms with Gasteiger partial charge in [-0.25, -0.2) is 0 Å². The van der Waals surface area contributed by atoms with Gasteiger partial charge in [-0.3, -0.25) is 0 Å². The number of hydrogen-bond donors (Lipinski definition) is 0. The molecule has 0 rings (SSSR count). The molecule has 0 radical (unpaired) electrons. The molecule has 0 aliphatic carbocycles. The molecule has 36 valence electrons. The van der Waals surface area contributed by atoms with Crippen molar-refractivity contribution in [3.05, 3.63) is 0 Å². The van der Waals surface area contributed by atoms with Gasteiger partial charge in [-0.1, -0.05) is 27.7 Å². The smallest absolute Gasteiger partial charge is 0 e. The van der Waals surface area contributed by atoms with E-state index in [-0.39, 0.29) is 25.8 Å². The minimum Gasteiger partial charge on any atom is -0.0604 e. The van der Waals surface area contributed by atoms with Crippen LogP contribution in [-0.2, 0) is 25.8 Å². The summed E-state index contributed by atoms with van der Waals surface area (Å²) in [5, 5.41) is 0. The van der Waals surface area contributed by atoms with Crippen LogP contribution in [0, 0.1) is 5.41 Å². The molecule has 0 spiro atoms. The van der Waals surface area contributed by atoms with Gasteiger partial charge in [-0.15, -0.1) is 0 Å². The average molecular weight is 251 g/mol. The molecule has 0 aromatic carbocycles. The molecule has 0 saturated heterocycles. The number of hydrogen-bond acceptors (Lipinski definition) is 0. The molecule has 0 aliphatic heterocycles. The Balaban J connectivity index is 0. The predicted molar refractivity (Wildman–Crippen MR) is 25.1 cm³/mol. The van der Waals surface area contributed by atoms with Crippen molar-refractivity contribution in [1.29, 1.82) is 0 Å². The topological polar surface area (TPSA) is 0 Å². The van der Waals surface area contributed by atoms with E-state index >= 15 is 0 Å². The van der Waals surface area contributed by atoms with E-state index in [1.807, 2.05) is 0 Å². The fourth-order valence-corrected chi connectivity index (χ4v) is 0. The van der Waals surface area contributed by atoms with Crippen molar-refractivity contribution in [2.75, 3.05) is 0 Å². The first kappa shape index (κ1) is 9.98. The van der Waals surface area contributed by atoms with E-state index in [1.54, 1.807) is 0 Å². The van der Waals surface area contributed by atoms with Crippen molar-refractivity contribution in [2.24, 2.45) is 5.41 Å². The van der Waals surface area contributed by atoms with Crippen LogP contribution >= 0.6 is 0 Å². The van der Waals surface area contributed by atoms with Crippen LogP contribution in [-0.4, -0.2) is 0 Å². The summed E-state index contributed by atoms with van der Waals surface area (Å²) in [7, 11) is 0. The van der Waals surface area contributed by atoms with Crippen molar-refractivity contribution in [2.45, 2.75) is 27.7 Å². The molecular weight excluding hydrogens is 239 g/mol. The summed E-state index contributed by atoms with van der Waals surface area (Å²) in [5.74, 6) is 0. The molecule has 0 N–H and O–H groups in total. The largest absolute Gasteiger partial charge is 0.0604 e. The summed E-state index contributed by atoms with van der Waals surface area (Å²) >= 11 is 0. The fraction of sp³-hybridized carbons (Fsp3) is 1.00. The average Bonchev–Trinajstić information content (AvgIpc) is 0.722. The van der Waals surface area contributed by atoms with Crippen LogP contribution in [0.15, 0.2) is 0 Å². The molecule has 0 aromatic rings. The van der Waals surface area contributed by atoms with E-state index in [4.69, 9.17) is 0 Å². The Labute approximate surface area is 59.1 Å². The van der Waals surface area contributed by atoms with Crippen LogP contribution in [0.1, 0.15) is 27.7 Å². The standard InChI is InChI=1S/C5H12.Hf/c1-5(2,3)4;/h1-4H3;. The Hall–Kier alpha value is 0.870. The first-order valence-electron chi connectivity index (χ1n) is 2.00. The van der Waals surface area contributed by atoms with Crippen molar-refractivity contribution in [1.82, 2.24) is 0 Å². The SMILES string of the molecule is CC(C)(C)C.[Hf]. The number of rotatable bonds is 0. The molecule has 0 saturated carbocycles. The van der Waals surface area contributed by atoms with Crippen LogP contribution in [0.3, 0.4) is 0 Å². The molecule has 0 amide bonds. The van der Waals surface area contributed by atoms with Crippen molar-refractivity contribution in [3.8, 4) is 0 Å². The molecule has 0 atom stereocenters.